The van der Waals surface area contributed by atoms with Crippen molar-refractivity contribution in [2.45, 2.75) is 18.9 Å². The van der Waals surface area contributed by atoms with Crippen molar-refractivity contribution in [1.29, 1.82) is 0 Å². The van der Waals surface area contributed by atoms with Crippen molar-refractivity contribution >= 4 is 36.0 Å². The molecule has 1 atom stereocenters. The zero-order valence-electron chi connectivity index (χ0n) is 17.6. The summed E-state index contributed by atoms with van der Waals surface area (Å²) in [6.07, 6.45) is 0.220. The lowest BCUT2D eigenvalue weighted by atomic mass is 10.0. The third kappa shape index (κ3) is 5.26. The van der Waals surface area contributed by atoms with Gasteiger partial charge in [-0.2, -0.15) is 0 Å². The third-order valence-corrected chi connectivity index (χ3v) is 5.67. The molecule has 0 bridgehead atoms. The fraction of sp³-hybridized carbons (Fsp3) is 0.524. The summed E-state index contributed by atoms with van der Waals surface area (Å²) < 4.78 is 11.3. The minimum atomic E-state index is -0.974. The van der Waals surface area contributed by atoms with E-state index in [4.69, 9.17) is 9.47 Å². The number of halogens is 1. The molecule has 0 aromatic heterocycles. The molecule has 4 rings (SSSR count). The van der Waals surface area contributed by atoms with Crippen molar-refractivity contribution < 1.29 is 28.7 Å². The van der Waals surface area contributed by atoms with E-state index < -0.39 is 29.7 Å². The Morgan fingerprint density at radius 3 is 2.47 bits per heavy atom. The Balaban J connectivity index is 0.00000289. The van der Waals surface area contributed by atoms with Crippen LogP contribution < -0.4 is 15.4 Å². The van der Waals surface area contributed by atoms with Gasteiger partial charge in [0, 0.05) is 39.1 Å². The number of piperidine rings is 1. The number of amides is 4. The number of nitrogens with one attached hydrogen (secondary N) is 2. The molecule has 174 valence electrons. The van der Waals surface area contributed by atoms with Crippen molar-refractivity contribution in [1.82, 2.24) is 20.4 Å². The Morgan fingerprint density at radius 2 is 1.72 bits per heavy atom. The molecule has 2 fully saturated rings. The van der Waals surface area contributed by atoms with Crippen molar-refractivity contribution in [2.24, 2.45) is 0 Å². The monoisotopic (exact) mass is 466 g/mol. The molecule has 1 aromatic carbocycles. The minimum Gasteiger partial charge on any atom is -0.491 e. The van der Waals surface area contributed by atoms with Gasteiger partial charge in [0.2, 0.25) is 11.8 Å². The number of rotatable bonds is 8. The number of fused-ring (bicyclic) bond motifs is 1. The van der Waals surface area contributed by atoms with E-state index in [1.807, 2.05) is 0 Å². The Morgan fingerprint density at radius 1 is 0.969 bits per heavy atom. The Bertz CT molecular complexity index is 889. The maximum Gasteiger partial charge on any atom is 0.262 e. The first kappa shape index (κ1) is 24.1. The van der Waals surface area contributed by atoms with Gasteiger partial charge in [-0.3, -0.25) is 34.3 Å². The second kappa shape index (κ2) is 10.9. The molecule has 3 heterocycles. The number of carbonyl (C=O) groups excluding carboxylic acids is 4. The van der Waals surface area contributed by atoms with Crippen LogP contribution in [0, 0.1) is 0 Å². The normalized spacial score (nSPS) is 21.2. The smallest absolute Gasteiger partial charge is 0.262 e. The number of piperazine rings is 1. The first-order valence-electron chi connectivity index (χ1n) is 10.5. The van der Waals surface area contributed by atoms with Crippen LogP contribution in [0.4, 0.5) is 0 Å². The largest absolute Gasteiger partial charge is 0.491 e. The Labute approximate surface area is 192 Å². The number of hydrogen-bond acceptors (Lipinski definition) is 8. The van der Waals surface area contributed by atoms with Gasteiger partial charge in [0.15, 0.2) is 0 Å². The van der Waals surface area contributed by atoms with E-state index in [0.29, 0.717) is 25.6 Å². The molecule has 0 spiro atoms. The van der Waals surface area contributed by atoms with Crippen LogP contribution in [-0.2, 0) is 14.3 Å². The highest BCUT2D eigenvalue weighted by atomic mass is 35.5. The Hall–Kier alpha value is -2.53. The number of hydrogen-bond donors (Lipinski definition) is 2. The van der Waals surface area contributed by atoms with E-state index in [-0.39, 0.29) is 36.4 Å². The molecule has 3 aliphatic rings. The van der Waals surface area contributed by atoms with E-state index in [1.165, 1.54) is 12.1 Å². The van der Waals surface area contributed by atoms with E-state index in [1.54, 1.807) is 6.07 Å². The van der Waals surface area contributed by atoms with Gasteiger partial charge >= 0.3 is 0 Å². The summed E-state index contributed by atoms with van der Waals surface area (Å²) in [6.45, 7) is 6.30. The van der Waals surface area contributed by atoms with Crippen LogP contribution >= 0.6 is 12.4 Å². The highest BCUT2D eigenvalue weighted by Crippen LogP contribution is 2.30. The first-order chi connectivity index (χ1) is 15.0. The lowest BCUT2D eigenvalue weighted by molar-refractivity contribution is -0.136. The number of ether oxygens (including phenoxy) is 2. The highest BCUT2D eigenvalue weighted by molar-refractivity contribution is 6.23. The maximum absolute atomic E-state index is 12.8. The lowest BCUT2D eigenvalue weighted by Crippen LogP contribution is -2.54. The fourth-order valence-electron chi connectivity index (χ4n) is 3.99. The van der Waals surface area contributed by atoms with Crippen molar-refractivity contribution in [3.63, 3.8) is 0 Å². The summed E-state index contributed by atoms with van der Waals surface area (Å²) in [4.78, 5) is 52.2. The summed E-state index contributed by atoms with van der Waals surface area (Å²) >= 11 is 0. The van der Waals surface area contributed by atoms with Crippen LogP contribution in [0.1, 0.15) is 33.6 Å². The zero-order valence-corrected chi connectivity index (χ0v) is 18.4. The molecule has 3 aliphatic heterocycles. The van der Waals surface area contributed by atoms with Crippen molar-refractivity contribution in [3.05, 3.63) is 29.3 Å². The highest BCUT2D eigenvalue weighted by Gasteiger charge is 2.44. The molecular weight excluding hydrogens is 440 g/mol. The fourth-order valence-corrected chi connectivity index (χ4v) is 3.99. The van der Waals surface area contributed by atoms with Gasteiger partial charge in [-0.05, 0) is 24.6 Å². The molecule has 2 saturated heterocycles. The molecule has 0 saturated carbocycles. The van der Waals surface area contributed by atoms with Crippen LogP contribution in [0.3, 0.4) is 0 Å². The maximum atomic E-state index is 12.8. The molecule has 1 aromatic rings. The van der Waals surface area contributed by atoms with Gasteiger partial charge in [-0.25, -0.2) is 0 Å². The van der Waals surface area contributed by atoms with Crippen LogP contribution in [0.5, 0.6) is 5.75 Å². The average molecular weight is 467 g/mol. The lowest BCUT2D eigenvalue weighted by Gasteiger charge is -2.27. The van der Waals surface area contributed by atoms with E-state index in [0.717, 1.165) is 37.6 Å². The predicted molar refractivity (Wildman–Crippen MR) is 116 cm³/mol. The second-order valence-electron chi connectivity index (χ2n) is 7.71. The molecule has 2 N–H and O–H groups in total. The van der Waals surface area contributed by atoms with Crippen LogP contribution in [-0.4, -0.2) is 92.0 Å². The molecule has 4 amide bonds. The third-order valence-electron chi connectivity index (χ3n) is 5.67. The molecule has 32 heavy (non-hydrogen) atoms. The standard InChI is InChI=1S/C21H26N4O6.ClH/c26-18-4-3-17(19(27)23-18)25-20(28)15-2-1-14(13-16(15)21(25)29)31-12-11-30-10-9-24-7-5-22-6-8-24;/h1-2,13,17,22H,3-12H2,(H,23,26,27);1H. The van der Waals surface area contributed by atoms with Gasteiger partial charge < -0.3 is 14.8 Å². The summed E-state index contributed by atoms with van der Waals surface area (Å²) in [7, 11) is 0. The average Bonchev–Trinajstić information content (AvgIpc) is 3.01. The summed E-state index contributed by atoms with van der Waals surface area (Å²) in [5, 5.41) is 5.49. The van der Waals surface area contributed by atoms with Gasteiger partial charge in [-0.1, -0.05) is 0 Å². The summed E-state index contributed by atoms with van der Waals surface area (Å²) in [5.74, 6) is -1.65. The summed E-state index contributed by atoms with van der Waals surface area (Å²) in [5.41, 5.74) is 0.432. The predicted octanol–water partition coefficient (Wildman–Crippen LogP) is -0.190. The number of carbonyl (C=O) groups is 4. The van der Waals surface area contributed by atoms with Gasteiger partial charge in [0.1, 0.15) is 18.4 Å². The van der Waals surface area contributed by atoms with Crippen molar-refractivity contribution in [2.75, 3.05) is 52.5 Å². The van der Waals surface area contributed by atoms with Crippen LogP contribution in [0.15, 0.2) is 18.2 Å². The molecule has 10 nitrogen and oxygen atoms in total. The summed E-state index contributed by atoms with van der Waals surface area (Å²) in [6, 6.07) is 3.70. The second-order valence-corrected chi connectivity index (χ2v) is 7.71. The van der Waals surface area contributed by atoms with Gasteiger partial charge in [0.25, 0.3) is 11.8 Å². The van der Waals surface area contributed by atoms with E-state index in [2.05, 4.69) is 15.5 Å². The SMILES string of the molecule is Cl.O=C1CCC(N2C(=O)c3ccc(OCCOCCN4CCNCC4)cc3C2=O)C(=O)N1. The first-order valence-corrected chi connectivity index (χ1v) is 10.5. The number of benzene rings is 1. The van der Waals surface area contributed by atoms with E-state index in [9.17, 15) is 19.2 Å². The number of imide groups is 2. The minimum absolute atomic E-state index is 0. The van der Waals surface area contributed by atoms with E-state index >= 15 is 0 Å². The molecule has 11 heteroatoms. The molecule has 0 radical (unpaired) electrons. The number of nitrogens with zero attached hydrogens (tertiary/aromatic N) is 2. The zero-order chi connectivity index (χ0) is 21.8. The van der Waals surface area contributed by atoms with Crippen molar-refractivity contribution in [3.8, 4) is 5.75 Å². The van der Waals surface area contributed by atoms with Crippen LogP contribution in [0.2, 0.25) is 0 Å². The van der Waals surface area contributed by atoms with Gasteiger partial charge in [-0.15, -0.1) is 12.4 Å². The van der Waals surface area contributed by atoms with Gasteiger partial charge in [0.05, 0.1) is 24.3 Å². The quantitative estimate of drug-likeness (QED) is 0.400. The molecule has 1 unspecified atom stereocenters. The molecular formula is C21H27ClN4O6. The molecule has 0 aliphatic carbocycles. The van der Waals surface area contributed by atoms with Crippen LogP contribution in [0.25, 0.3) is 0 Å². The topological polar surface area (TPSA) is 117 Å². The Kier molecular flexibility index (Phi) is 8.19.